The second-order valence-corrected chi connectivity index (χ2v) is 9.84. The van der Waals surface area contributed by atoms with Crippen molar-refractivity contribution in [2.45, 2.75) is 38.8 Å². The fourth-order valence-electron chi connectivity index (χ4n) is 3.95. The lowest BCUT2D eigenvalue weighted by molar-refractivity contribution is -0.133. The third-order valence-electron chi connectivity index (χ3n) is 5.55. The van der Waals surface area contributed by atoms with Gasteiger partial charge in [-0.15, -0.1) is 0 Å². The van der Waals surface area contributed by atoms with Crippen LogP contribution in [0.4, 0.5) is 0 Å². The molecule has 0 saturated carbocycles. The van der Waals surface area contributed by atoms with E-state index in [2.05, 4.69) is 40.1 Å². The first kappa shape index (κ1) is 19.6. The zero-order chi connectivity index (χ0) is 20.6. The predicted octanol–water partition coefficient (Wildman–Crippen LogP) is 1.23. The van der Waals surface area contributed by atoms with Gasteiger partial charge in [-0.1, -0.05) is 12.1 Å². The second kappa shape index (κ2) is 7.62. The van der Waals surface area contributed by atoms with Crippen LogP contribution in [0.3, 0.4) is 0 Å². The van der Waals surface area contributed by atoms with Gasteiger partial charge in [0.1, 0.15) is 5.71 Å². The van der Waals surface area contributed by atoms with Gasteiger partial charge in [0.15, 0.2) is 9.84 Å². The Morgan fingerprint density at radius 3 is 2.86 bits per heavy atom. The molecular weight excluding hydrogens is 392 g/mol. The molecule has 8 nitrogen and oxygen atoms in total. The molecule has 154 valence electrons. The molecule has 1 fully saturated rings. The quantitative estimate of drug-likeness (QED) is 0.792. The average Bonchev–Trinajstić information content (AvgIpc) is 3.26. The van der Waals surface area contributed by atoms with Gasteiger partial charge in [0, 0.05) is 43.0 Å². The minimum Gasteiger partial charge on any atom is -0.349 e. The number of carbonyl (C=O) groups is 2. The van der Waals surface area contributed by atoms with Crippen LogP contribution in [0, 0.1) is 6.92 Å². The van der Waals surface area contributed by atoms with Crippen LogP contribution in [0.25, 0.3) is 10.9 Å². The Bertz CT molecular complexity index is 1100. The van der Waals surface area contributed by atoms with Crippen molar-refractivity contribution in [1.29, 1.82) is 0 Å². The number of sulfone groups is 1. The van der Waals surface area contributed by atoms with E-state index in [1.807, 2.05) is 12.3 Å². The first-order valence-corrected chi connectivity index (χ1v) is 11.6. The van der Waals surface area contributed by atoms with Crippen LogP contribution in [0.15, 0.2) is 35.6 Å². The lowest BCUT2D eigenvalue weighted by Crippen LogP contribution is -2.44. The molecule has 1 aromatic carbocycles. The van der Waals surface area contributed by atoms with Gasteiger partial charge in [-0.2, -0.15) is 5.10 Å². The number of benzene rings is 1. The summed E-state index contributed by atoms with van der Waals surface area (Å²) in [6.07, 6.45) is 2.81. The molecule has 1 unspecified atom stereocenters. The molecule has 0 aliphatic carbocycles. The standard InChI is InChI=1S/C20H24N4O4S/c1-14-3-2-4-18-16(14)7-10-23(18)11-9-21-20(26)17-5-6-19(25)24(22-17)15-8-12-29(27,28)13-15/h2-4,7,10,15H,5-6,8-9,11-13H2,1H3,(H,21,26). The highest BCUT2D eigenvalue weighted by Crippen LogP contribution is 2.22. The maximum Gasteiger partial charge on any atom is 0.267 e. The number of nitrogens with one attached hydrogen (secondary N) is 1. The van der Waals surface area contributed by atoms with Gasteiger partial charge in [0.25, 0.3) is 5.91 Å². The van der Waals surface area contributed by atoms with Crippen molar-refractivity contribution in [3.63, 3.8) is 0 Å². The fraction of sp³-hybridized carbons (Fsp3) is 0.450. The predicted molar refractivity (Wildman–Crippen MR) is 110 cm³/mol. The zero-order valence-electron chi connectivity index (χ0n) is 16.3. The van der Waals surface area contributed by atoms with Crippen LogP contribution in [0.1, 0.15) is 24.8 Å². The van der Waals surface area contributed by atoms with Crippen molar-refractivity contribution in [2.75, 3.05) is 18.1 Å². The van der Waals surface area contributed by atoms with Gasteiger partial charge in [0.2, 0.25) is 5.91 Å². The van der Waals surface area contributed by atoms with E-state index in [4.69, 9.17) is 0 Å². The number of fused-ring (bicyclic) bond motifs is 1. The summed E-state index contributed by atoms with van der Waals surface area (Å²) in [6.45, 7) is 3.12. The Balaban J connectivity index is 1.39. The highest BCUT2D eigenvalue weighted by atomic mass is 32.2. The Morgan fingerprint density at radius 2 is 2.10 bits per heavy atom. The van der Waals surface area contributed by atoms with E-state index in [9.17, 15) is 18.0 Å². The van der Waals surface area contributed by atoms with E-state index >= 15 is 0 Å². The Morgan fingerprint density at radius 1 is 1.28 bits per heavy atom. The normalized spacial score (nSPS) is 21.4. The molecule has 0 bridgehead atoms. The lowest BCUT2D eigenvalue weighted by Gasteiger charge is -2.27. The van der Waals surface area contributed by atoms with E-state index in [0.717, 1.165) is 5.52 Å². The second-order valence-electron chi connectivity index (χ2n) is 7.61. The van der Waals surface area contributed by atoms with Crippen LogP contribution >= 0.6 is 0 Å². The van der Waals surface area contributed by atoms with Crippen LogP contribution < -0.4 is 5.32 Å². The highest BCUT2D eigenvalue weighted by molar-refractivity contribution is 7.91. The molecule has 0 spiro atoms. The van der Waals surface area contributed by atoms with Gasteiger partial charge in [-0.25, -0.2) is 13.4 Å². The number of rotatable bonds is 5. The van der Waals surface area contributed by atoms with Crippen LogP contribution in [-0.4, -0.2) is 59.6 Å². The summed E-state index contributed by atoms with van der Waals surface area (Å²) in [5, 5.41) is 9.47. The molecule has 1 aromatic heterocycles. The van der Waals surface area contributed by atoms with Crippen LogP contribution in [-0.2, 0) is 26.0 Å². The number of hydrazone groups is 1. The van der Waals surface area contributed by atoms with E-state index in [1.165, 1.54) is 16.0 Å². The summed E-state index contributed by atoms with van der Waals surface area (Å²) in [5.41, 5.74) is 2.61. The van der Waals surface area contributed by atoms with Gasteiger partial charge < -0.3 is 9.88 Å². The maximum absolute atomic E-state index is 12.5. The molecule has 3 heterocycles. The summed E-state index contributed by atoms with van der Waals surface area (Å²) in [6, 6.07) is 7.73. The molecule has 1 atom stereocenters. The van der Waals surface area contributed by atoms with Crippen molar-refractivity contribution in [3.8, 4) is 0 Å². The Labute approximate surface area is 169 Å². The summed E-state index contributed by atoms with van der Waals surface area (Å²) in [7, 11) is -3.13. The van der Waals surface area contributed by atoms with Crippen molar-refractivity contribution < 1.29 is 18.0 Å². The first-order valence-electron chi connectivity index (χ1n) is 9.77. The number of aryl methyl sites for hydroxylation is 1. The molecular formula is C20H24N4O4S. The molecule has 2 aliphatic heterocycles. The van der Waals surface area contributed by atoms with Gasteiger partial charge in [0.05, 0.1) is 17.5 Å². The number of amides is 2. The molecule has 9 heteroatoms. The molecule has 2 amide bonds. The smallest absolute Gasteiger partial charge is 0.267 e. The lowest BCUT2D eigenvalue weighted by atomic mass is 10.1. The molecule has 1 saturated heterocycles. The largest absolute Gasteiger partial charge is 0.349 e. The number of carbonyl (C=O) groups excluding carboxylic acids is 2. The third-order valence-corrected chi connectivity index (χ3v) is 7.30. The first-order chi connectivity index (χ1) is 13.8. The molecule has 0 radical (unpaired) electrons. The van der Waals surface area contributed by atoms with Crippen molar-refractivity contribution in [2.24, 2.45) is 5.10 Å². The summed E-state index contributed by atoms with van der Waals surface area (Å²) in [4.78, 5) is 24.7. The van der Waals surface area contributed by atoms with Gasteiger partial charge in [-0.3, -0.25) is 9.59 Å². The number of nitrogens with zero attached hydrogens (tertiary/aromatic N) is 3. The van der Waals surface area contributed by atoms with Crippen molar-refractivity contribution in [1.82, 2.24) is 14.9 Å². The minimum atomic E-state index is -3.13. The molecule has 1 N–H and O–H groups in total. The van der Waals surface area contributed by atoms with Crippen molar-refractivity contribution >= 4 is 38.3 Å². The summed E-state index contributed by atoms with van der Waals surface area (Å²) in [5.74, 6) is -0.561. The number of aromatic nitrogens is 1. The molecule has 4 rings (SSSR count). The fourth-order valence-corrected chi connectivity index (χ4v) is 5.64. The van der Waals surface area contributed by atoms with Crippen molar-refractivity contribution in [3.05, 3.63) is 36.0 Å². The zero-order valence-corrected chi connectivity index (χ0v) is 17.1. The van der Waals surface area contributed by atoms with E-state index in [1.54, 1.807) is 0 Å². The summed E-state index contributed by atoms with van der Waals surface area (Å²) >= 11 is 0. The van der Waals surface area contributed by atoms with Crippen LogP contribution in [0.2, 0.25) is 0 Å². The molecule has 2 aromatic rings. The molecule has 29 heavy (non-hydrogen) atoms. The Hall–Kier alpha value is -2.68. The van der Waals surface area contributed by atoms with E-state index in [-0.39, 0.29) is 41.9 Å². The molecule has 2 aliphatic rings. The van der Waals surface area contributed by atoms with Gasteiger partial charge in [-0.05, 0) is 31.0 Å². The van der Waals surface area contributed by atoms with E-state index in [0.29, 0.717) is 19.5 Å². The third kappa shape index (κ3) is 4.05. The van der Waals surface area contributed by atoms with Crippen LogP contribution in [0.5, 0.6) is 0 Å². The minimum absolute atomic E-state index is 0.0583. The Kier molecular flexibility index (Phi) is 5.16. The monoisotopic (exact) mass is 416 g/mol. The number of hydrogen-bond donors (Lipinski definition) is 1. The maximum atomic E-state index is 12.5. The average molecular weight is 417 g/mol. The summed E-state index contributed by atoms with van der Waals surface area (Å²) < 4.78 is 25.5. The van der Waals surface area contributed by atoms with Gasteiger partial charge >= 0.3 is 0 Å². The SMILES string of the molecule is Cc1cccc2c1ccn2CCNC(=O)C1=NN(C2CCS(=O)(=O)C2)C(=O)CC1. The van der Waals surface area contributed by atoms with E-state index < -0.39 is 15.9 Å². The topological polar surface area (TPSA) is 101 Å². The highest BCUT2D eigenvalue weighted by Gasteiger charge is 2.37. The number of hydrogen-bond acceptors (Lipinski definition) is 5.